The second kappa shape index (κ2) is 4.50. The van der Waals surface area contributed by atoms with Gasteiger partial charge in [0.25, 0.3) is 0 Å². The number of para-hydroxylation sites is 1. The van der Waals surface area contributed by atoms with Crippen LogP contribution in [0.1, 0.15) is 11.1 Å². The van der Waals surface area contributed by atoms with Crippen LogP contribution < -0.4 is 10.9 Å². The van der Waals surface area contributed by atoms with Gasteiger partial charge >= 0.3 is 6.09 Å². The van der Waals surface area contributed by atoms with Crippen LogP contribution in [0.15, 0.2) is 18.2 Å². The van der Waals surface area contributed by atoms with E-state index in [-0.39, 0.29) is 0 Å². The molecule has 76 valence electrons. The van der Waals surface area contributed by atoms with Gasteiger partial charge in [-0.3, -0.25) is 5.43 Å². The van der Waals surface area contributed by atoms with E-state index in [0.29, 0.717) is 0 Å². The van der Waals surface area contributed by atoms with Crippen LogP contribution in [0.25, 0.3) is 0 Å². The Morgan fingerprint density at radius 2 is 1.86 bits per heavy atom. The van der Waals surface area contributed by atoms with Gasteiger partial charge in [0.15, 0.2) is 0 Å². The van der Waals surface area contributed by atoms with Gasteiger partial charge in [-0.25, -0.2) is 10.2 Å². The highest BCUT2D eigenvalue weighted by atomic mass is 16.5. The SMILES string of the molecule is COC(=O)NNc1c(C)cccc1C. The van der Waals surface area contributed by atoms with Crippen molar-refractivity contribution in [2.24, 2.45) is 0 Å². The monoisotopic (exact) mass is 194 g/mol. The minimum Gasteiger partial charge on any atom is -0.452 e. The molecule has 1 amide bonds. The van der Waals surface area contributed by atoms with Gasteiger partial charge in [0.05, 0.1) is 12.8 Å². The van der Waals surface area contributed by atoms with Crippen LogP contribution in [0, 0.1) is 13.8 Å². The molecule has 0 aliphatic rings. The van der Waals surface area contributed by atoms with E-state index in [1.54, 1.807) is 0 Å². The van der Waals surface area contributed by atoms with E-state index in [4.69, 9.17) is 0 Å². The summed E-state index contributed by atoms with van der Waals surface area (Å²) >= 11 is 0. The number of nitrogens with one attached hydrogen (secondary N) is 2. The third-order valence-electron chi connectivity index (χ3n) is 1.96. The number of rotatable bonds is 2. The van der Waals surface area contributed by atoms with Crippen LogP contribution in [0.2, 0.25) is 0 Å². The maximum absolute atomic E-state index is 10.8. The number of hydrazine groups is 1. The number of ether oxygens (including phenoxy) is 1. The second-order valence-electron chi connectivity index (χ2n) is 3.01. The van der Waals surface area contributed by atoms with Crippen LogP contribution in [0.3, 0.4) is 0 Å². The van der Waals surface area contributed by atoms with Crippen molar-refractivity contribution in [2.45, 2.75) is 13.8 Å². The summed E-state index contributed by atoms with van der Waals surface area (Å²) in [6.07, 6.45) is -0.507. The highest BCUT2D eigenvalue weighted by Gasteiger charge is 2.02. The van der Waals surface area contributed by atoms with Crippen molar-refractivity contribution in [1.82, 2.24) is 5.43 Å². The summed E-state index contributed by atoms with van der Waals surface area (Å²) in [6.45, 7) is 3.93. The molecule has 1 rings (SSSR count). The number of hydrogen-bond acceptors (Lipinski definition) is 3. The maximum atomic E-state index is 10.8. The Morgan fingerprint density at radius 1 is 1.29 bits per heavy atom. The average molecular weight is 194 g/mol. The van der Waals surface area contributed by atoms with E-state index in [9.17, 15) is 4.79 Å². The average Bonchev–Trinajstić information content (AvgIpc) is 2.16. The van der Waals surface area contributed by atoms with Crippen LogP contribution >= 0.6 is 0 Å². The van der Waals surface area contributed by atoms with Crippen LogP contribution in [-0.4, -0.2) is 13.2 Å². The number of benzene rings is 1. The van der Waals surface area contributed by atoms with E-state index < -0.39 is 6.09 Å². The first-order chi connectivity index (χ1) is 6.65. The molecule has 0 aliphatic carbocycles. The fourth-order valence-corrected chi connectivity index (χ4v) is 1.18. The van der Waals surface area contributed by atoms with Crippen molar-refractivity contribution in [2.75, 3.05) is 12.5 Å². The van der Waals surface area contributed by atoms with Gasteiger partial charge in [0.2, 0.25) is 0 Å². The lowest BCUT2D eigenvalue weighted by molar-refractivity contribution is 0.173. The summed E-state index contributed by atoms with van der Waals surface area (Å²) in [6, 6.07) is 5.90. The van der Waals surface area contributed by atoms with E-state index in [1.807, 2.05) is 32.0 Å². The molecule has 4 nitrogen and oxygen atoms in total. The van der Waals surface area contributed by atoms with Crippen molar-refractivity contribution >= 4 is 11.8 Å². The fraction of sp³-hybridized carbons (Fsp3) is 0.300. The Labute approximate surface area is 83.2 Å². The molecule has 0 aromatic heterocycles. The predicted octanol–water partition coefficient (Wildman–Crippen LogP) is 1.99. The maximum Gasteiger partial charge on any atom is 0.425 e. The van der Waals surface area contributed by atoms with Crippen molar-refractivity contribution in [3.63, 3.8) is 0 Å². The van der Waals surface area contributed by atoms with Gasteiger partial charge in [-0.2, -0.15) is 0 Å². The second-order valence-corrected chi connectivity index (χ2v) is 3.01. The number of amides is 1. The highest BCUT2D eigenvalue weighted by Crippen LogP contribution is 2.17. The molecule has 14 heavy (non-hydrogen) atoms. The van der Waals surface area contributed by atoms with Crippen molar-refractivity contribution < 1.29 is 9.53 Å². The number of carbonyl (C=O) groups is 1. The molecule has 4 heteroatoms. The molecule has 0 aliphatic heterocycles. The standard InChI is InChI=1S/C10H14N2O2/c1-7-5-4-6-8(2)9(7)11-12-10(13)14-3/h4-6,11H,1-3H3,(H,12,13). The quantitative estimate of drug-likeness (QED) is 0.708. The fourth-order valence-electron chi connectivity index (χ4n) is 1.18. The van der Waals surface area contributed by atoms with Crippen LogP contribution in [0.5, 0.6) is 0 Å². The van der Waals surface area contributed by atoms with Crippen LogP contribution in [-0.2, 0) is 4.74 Å². The molecular weight excluding hydrogens is 180 g/mol. The first-order valence-corrected chi connectivity index (χ1v) is 4.31. The van der Waals surface area contributed by atoms with E-state index in [2.05, 4.69) is 15.6 Å². The Kier molecular flexibility index (Phi) is 3.34. The Balaban J connectivity index is 2.71. The summed E-state index contributed by atoms with van der Waals surface area (Å²) in [5.74, 6) is 0. The number of methoxy groups -OCH3 is 1. The zero-order valence-electron chi connectivity index (χ0n) is 8.55. The first kappa shape index (κ1) is 10.4. The number of aryl methyl sites for hydroxylation is 2. The van der Waals surface area contributed by atoms with Crippen molar-refractivity contribution in [3.8, 4) is 0 Å². The lowest BCUT2D eigenvalue weighted by Crippen LogP contribution is -2.29. The summed E-state index contributed by atoms with van der Waals surface area (Å²) in [4.78, 5) is 10.8. The largest absolute Gasteiger partial charge is 0.452 e. The molecule has 0 spiro atoms. The molecule has 0 saturated heterocycles. The lowest BCUT2D eigenvalue weighted by Gasteiger charge is -2.12. The Bertz CT molecular complexity index is 317. The van der Waals surface area contributed by atoms with Gasteiger partial charge in [0, 0.05) is 0 Å². The molecule has 0 heterocycles. The molecule has 0 radical (unpaired) electrons. The number of anilines is 1. The zero-order chi connectivity index (χ0) is 10.6. The zero-order valence-corrected chi connectivity index (χ0v) is 8.55. The summed E-state index contributed by atoms with van der Waals surface area (Å²) in [5.41, 5.74) is 8.27. The van der Waals surface area contributed by atoms with Gasteiger partial charge in [0.1, 0.15) is 0 Å². The molecule has 0 atom stereocenters. The Hall–Kier alpha value is -1.71. The van der Waals surface area contributed by atoms with Gasteiger partial charge in [-0.15, -0.1) is 0 Å². The minimum absolute atomic E-state index is 0.507. The molecule has 1 aromatic carbocycles. The van der Waals surface area contributed by atoms with E-state index in [0.717, 1.165) is 16.8 Å². The predicted molar refractivity (Wildman–Crippen MR) is 55.1 cm³/mol. The van der Waals surface area contributed by atoms with Crippen LogP contribution in [0.4, 0.5) is 10.5 Å². The molecule has 0 fully saturated rings. The van der Waals surface area contributed by atoms with Gasteiger partial charge < -0.3 is 4.74 Å². The topological polar surface area (TPSA) is 50.4 Å². The van der Waals surface area contributed by atoms with Crippen molar-refractivity contribution in [1.29, 1.82) is 0 Å². The lowest BCUT2D eigenvalue weighted by atomic mass is 10.1. The highest BCUT2D eigenvalue weighted by molar-refractivity contribution is 5.70. The summed E-state index contributed by atoms with van der Waals surface area (Å²) < 4.78 is 4.44. The molecule has 0 saturated carbocycles. The smallest absolute Gasteiger partial charge is 0.425 e. The van der Waals surface area contributed by atoms with E-state index in [1.165, 1.54) is 7.11 Å². The first-order valence-electron chi connectivity index (χ1n) is 4.31. The molecular formula is C10H14N2O2. The van der Waals surface area contributed by atoms with Crippen molar-refractivity contribution in [3.05, 3.63) is 29.3 Å². The molecule has 1 aromatic rings. The third kappa shape index (κ3) is 2.39. The Morgan fingerprint density at radius 3 is 2.36 bits per heavy atom. The van der Waals surface area contributed by atoms with Gasteiger partial charge in [-0.05, 0) is 25.0 Å². The molecule has 0 unspecified atom stereocenters. The third-order valence-corrected chi connectivity index (χ3v) is 1.96. The number of carbonyl (C=O) groups excluding carboxylic acids is 1. The molecule has 0 bridgehead atoms. The van der Waals surface area contributed by atoms with E-state index >= 15 is 0 Å². The minimum atomic E-state index is -0.507. The van der Waals surface area contributed by atoms with Gasteiger partial charge in [-0.1, -0.05) is 18.2 Å². The molecule has 2 N–H and O–H groups in total. The normalized spacial score (nSPS) is 9.36. The summed E-state index contributed by atoms with van der Waals surface area (Å²) in [5, 5.41) is 0. The summed E-state index contributed by atoms with van der Waals surface area (Å²) in [7, 11) is 1.32. The number of hydrogen-bond donors (Lipinski definition) is 2.